The highest BCUT2D eigenvalue weighted by Crippen LogP contribution is 2.18. The first-order valence-electron chi connectivity index (χ1n) is 5.89. The van der Waals surface area contributed by atoms with Crippen molar-refractivity contribution in [2.24, 2.45) is 11.1 Å². The van der Waals surface area contributed by atoms with Gasteiger partial charge in [-0.15, -0.1) is 0 Å². The van der Waals surface area contributed by atoms with Gasteiger partial charge in [-0.05, 0) is 18.4 Å². The highest BCUT2D eigenvalue weighted by atomic mass is 16.5. The number of hydrogen-bond acceptors (Lipinski definition) is 3. The third kappa shape index (κ3) is 9.93. The molecule has 0 unspecified atom stereocenters. The minimum absolute atomic E-state index is 0.262. The summed E-state index contributed by atoms with van der Waals surface area (Å²) >= 11 is 0. The fourth-order valence-electron chi connectivity index (χ4n) is 1.33. The molecule has 4 nitrogen and oxygen atoms in total. The van der Waals surface area contributed by atoms with Crippen LogP contribution in [0.3, 0.4) is 0 Å². The number of rotatable bonds is 8. The van der Waals surface area contributed by atoms with Gasteiger partial charge in [0.15, 0.2) is 0 Å². The third-order valence-corrected chi connectivity index (χ3v) is 2.49. The second kappa shape index (κ2) is 7.63. The third-order valence-electron chi connectivity index (χ3n) is 2.49. The Hall–Kier alpha value is -0.610. The monoisotopic (exact) mass is 229 g/mol. The van der Waals surface area contributed by atoms with Gasteiger partial charge in [0.25, 0.3) is 0 Å². The fraction of sp³-hybridized carbons (Fsp3) is 0.917. The number of amidine groups is 1. The van der Waals surface area contributed by atoms with Crippen molar-refractivity contribution in [1.29, 1.82) is 5.41 Å². The molecule has 96 valence electrons. The number of nitrogens with zero attached hydrogens (tertiary/aromatic N) is 1. The lowest BCUT2D eigenvalue weighted by Crippen LogP contribution is -2.33. The van der Waals surface area contributed by atoms with Crippen LogP contribution < -0.4 is 5.73 Å². The fourth-order valence-corrected chi connectivity index (χ4v) is 1.33. The van der Waals surface area contributed by atoms with E-state index < -0.39 is 0 Å². The Morgan fingerprint density at radius 3 is 2.31 bits per heavy atom. The molecule has 0 bridgehead atoms. The molecule has 0 aliphatic heterocycles. The molecule has 0 heterocycles. The minimum atomic E-state index is 0.262. The van der Waals surface area contributed by atoms with Gasteiger partial charge >= 0.3 is 0 Å². The highest BCUT2D eigenvalue weighted by Gasteiger charge is 2.13. The Morgan fingerprint density at radius 2 is 1.88 bits per heavy atom. The molecule has 0 aliphatic rings. The van der Waals surface area contributed by atoms with Gasteiger partial charge in [0, 0.05) is 26.6 Å². The van der Waals surface area contributed by atoms with Crippen molar-refractivity contribution in [3.63, 3.8) is 0 Å². The maximum atomic E-state index is 7.24. The van der Waals surface area contributed by atoms with E-state index in [1.807, 2.05) is 0 Å². The smallest absolute Gasteiger partial charge is 0.0918 e. The number of nitrogens with one attached hydrogen (secondary N) is 1. The molecule has 0 radical (unpaired) electrons. The van der Waals surface area contributed by atoms with Gasteiger partial charge in [-0.3, -0.25) is 5.41 Å². The van der Waals surface area contributed by atoms with Gasteiger partial charge < -0.3 is 15.4 Å². The molecule has 0 amide bonds. The first kappa shape index (κ1) is 15.4. The molecule has 0 atom stereocenters. The van der Waals surface area contributed by atoms with Gasteiger partial charge in [0.1, 0.15) is 0 Å². The van der Waals surface area contributed by atoms with E-state index in [-0.39, 0.29) is 5.84 Å². The van der Waals surface area contributed by atoms with Crippen LogP contribution in [0.2, 0.25) is 0 Å². The van der Waals surface area contributed by atoms with Crippen molar-refractivity contribution in [1.82, 2.24) is 4.90 Å². The Morgan fingerprint density at radius 1 is 1.25 bits per heavy atom. The van der Waals surface area contributed by atoms with E-state index in [1.54, 1.807) is 7.11 Å². The highest BCUT2D eigenvalue weighted by molar-refractivity contribution is 5.76. The SMILES string of the molecule is COCCN(CCC(=N)N)CCC(C)(C)C. The predicted octanol–water partition coefficient (Wildman–Crippen LogP) is 1.70. The van der Waals surface area contributed by atoms with Crippen LogP contribution >= 0.6 is 0 Å². The number of hydrogen-bond donors (Lipinski definition) is 2. The molecular weight excluding hydrogens is 202 g/mol. The Kier molecular flexibility index (Phi) is 7.34. The Labute approximate surface area is 99.7 Å². The Balaban J connectivity index is 3.94. The first-order valence-corrected chi connectivity index (χ1v) is 5.89. The standard InChI is InChI=1S/C12H27N3O/c1-12(2,3)6-8-15(9-10-16-4)7-5-11(13)14/h5-10H2,1-4H3,(H3,13,14). The molecule has 0 spiro atoms. The van der Waals surface area contributed by atoms with Crippen LogP contribution in [0.15, 0.2) is 0 Å². The van der Waals surface area contributed by atoms with Crippen molar-refractivity contribution in [2.75, 3.05) is 33.4 Å². The molecule has 0 fully saturated rings. The van der Waals surface area contributed by atoms with Crippen molar-refractivity contribution in [2.45, 2.75) is 33.6 Å². The predicted molar refractivity (Wildman–Crippen MR) is 68.9 cm³/mol. The van der Waals surface area contributed by atoms with E-state index in [0.717, 1.165) is 32.7 Å². The summed E-state index contributed by atoms with van der Waals surface area (Å²) in [4.78, 5) is 2.32. The van der Waals surface area contributed by atoms with Crippen LogP contribution in [0.4, 0.5) is 0 Å². The maximum Gasteiger partial charge on any atom is 0.0918 e. The normalized spacial score (nSPS) is 12.1. The van der Waals surface area contributed by atoms with E-state index >= 15 is 0 Å². The lowest BCUT2D eigenvalue weighted by molar-refractivity contribution is 0.140. The van der Waals surface area contributed by atoms with E-state index in [4.69, 9.17) is 15.9 Å². The lowest BCUT2D eigenvalue weighted by Gasteiger charge is -2.26. The second-order valence-corrected chi connectivity index (χ2v) is 5.42. The molecule has 4 heteroatoms. The number of methoxy groups -OCH3 is 1. The van der Waals surface area contributed by atoms with Gasteiger partial charge in [0.2, 0.25) is 0 Å². The quantitative estimate of drug-likeness (QED) is 0.492. The van der Waals surface area contributed by atoms with Crippen molar-refractivity contribution >= 4 is 5.84 Å². The van der Waals surface area contributed by atoms with E-state index in [2.05, 4.69) is 25.7 Å². The molecular formula is C12H27N3O. The van der Waals surface area contributed by atoms with Crippen molar-refractivity contribution in [3.05, 3.63) is 0 Å². The van der Waals surface area contributed by atoms with Gasteiger partial charge in [-0.2, -0.15) is 0 Å². The first-order chi connectivity index (χ1) is 7.35. The summed E-state index contributed by atoms with van der Waals surface area (Å²) in [5, 5.41) is 7.24. The molecule has 3 N–H and O–H groups in total. The summed E-state index contributed by atoms with van der Waals surface area (Å²) in [6.45, 7) is 10.3. The summed E-state index contributed by atoms with van der Waals surface area (Å²) in [5.41, 5.74) is 5.73. The average molecular weight is 229 g/mol. The zero-order valence-electron chi connectivity index (χ0n) is 11.2. The minimum Gasteiger partial charge on any atom is -0.388 e. The summed E-state index contributed by atoms with van der Waals surface area (Å²) in [5.74, 6) is 0.262. The molecule has 0 aromatic carbocycles. The summed E-state index contributed by atoms with van der Waals surface area (Å²) in [6.07, 6.45) is 1.79. The lowest BCUT2D eigenvalue weighted by atomic mass is 9.92. The van der Waals surface area contributed by atoms with Gasteiger partial charge in [0.05, 0.1) is 12.4 Å². The summed E-state index contributed by atoms with van der Waals surface area (Å²) < 4.78 is 5.08. The second-order valence-electron chi connectivity index (χ2n) is 5.42. The van der Waals surface area contributed by atoms with Crippen LogP contribution in [0.5, 0.6) is 0 Å². The molecule has 16 heavy (non-hydrogen) atoms. The molecule has 0 rings (SSSR count). The van der Waals surface area contributed by atoms with Crippen LogP contribution in [-0.2, 0) is 4.74 Å². The zero-order chi connectivity index (χ0) is 12.6. The molecule has 0 aliphatic carbocycles. The molecule has 0 aromatic heterocycles. The van der Waals surface area contributed by atoms with Crippen LogP contribution in [0.1, 0.15) is 33.6 Å². The van der Waals surface area contributed by atoms with E-state index in [9.17, 15) is 0 Å². The van der Waals surface area contributed by atoms with Gasteiger partial charge in [-0.1, -0.05) is 20.8 Å². The molecule has 0 aromatic rings. The van der Waals surface area contributed by atoms with Gasteiger partial charge in [-0.25, -0.2) is 0 Å². The van der Waals surface area contributed by atoms with Crippen LogP contribution in [-0.4, -0.2) is 44.1 Å². The van der Waals surface area contributed by atoms with Crippen molar-refractivity contribution < 1.29 is 4.74 Å². The summed E-state index contributed by atoms with van der Waals surface area (Å²) in [6, 6.07) is 0. The summed E-state index contributed by atoms with van der Waals surface area (Å²) in [7, 11) is 1.72. The molecule has 0 saturated heterocycles. The van der Waals surface area contributed by atoms with Crippen LogP contribution in [0, 0.1) is 10.8 Å². The van der Waals surface area contributed by atoms with E-state index in [1.165, 1.54) is 0 Å². The maximum absolute atomic E-state index is 7.24. The average Bonchev–Trinajstić information content (AvgIpc) is 2.15. The van der Waals surface area contributed by atoms with Crippen LogP contribution in [0.25, 0.3) is 0 Å². The Bertz CT molecular complexity index is 199. The molecule has 0 saturated carbocycles. The van der Waals surface area contributed by atoms with Crippen molar-refractivity contribution in [3.8, 4) is 0 Å². The number of nitrogens with two attached hydrogens (primary N) is 1. The van der Waals surface area contributed by atoms with E-state index in [0.29, 0.717) is 11.8 Å². The largest absolute Gasteiger partial charge is 0.388 e. The zero-order valence-corrected chi connectivity index (χ0v) is 11.2. The number of ether oxygens (including phenoxy) is 1. The topological polar surface area (TPSA) is 62.3 Å².